The predicted molar refractivity (Wildman–Crippen MR) is 106 cm³/mol. The van der Waals surface area contributed by atoms with Gasteiger partial charge in [0, 0.05) is 29.9 Å². The number of rotatable bonds is 9. The first-order valence-electron chi connectivity index (χ1n) is 9.14. The Bertz CT molecular complexity index is 922. The Balaban J connectivity index is 1.56. The van der Waals surface area contributed by atoms with Crippen molar-refractivity contribution in [1.29, 1.82) is 5.26 Å². The fourth-order valence-corrected chi connectivity index (χ4v) is 2.59. The lowest BCUT2D eigenvalue weighted by atomic mass is 10.2. The Kier molecular flexibility index (Phi) is 6.86. The lowest BCUT2D eigenvalue weighted by Gasteiger charge is -2.14. The zero-order valence-electron chi connectivity index (χ0n) is 15.7. The van der Waals surface area contributed by atoms with Crippen molar-refractivity contribution in [3.05, 3.63) is 84.2 Å². The Morgan fingerprint density at radius 2 is 1.75 bits per heavy atom. The van der Waals surface area contributed by atoms with Gasteiger partial charge in [-0.3, -0.25) is 4.98 Å². The average molecular weight is 374 g/mol. The van der Waals surface area contributed by atoms with Crippen molar-refractivity contribution in [2.75, 3.05) is 6.61 Å². The van der Waals surface area contributed by atoms with Crippen molar-refractivity contribution >= 4 is 0 Å². The molecule has 3 aromatic rings. The summed E-state index contributed by atoms with van der Waals surface area (Å²) in [5.74, 6) is 2.11. The second-order valence-electron chi connectivity index (χ2n) is 6.18. The molecule has 142 valence electrons. The third-order valence-electron chi connectivity index (χ3n) is 4.01. The van der Waals surface area contributed by atoms with E-state index < -0.39 is 6.10 Å². The molecule has 0 fully saturated rings. The van der Waals surface area contributed by atoms with Crippen LogP contribution in [-0.4, -0.2) is 17.7 Å². The first-order valence-corrected chi connectivity index (χ1v) is 9.14. The van der Waals surface area contributed by atoms with Gasteiger partial charge in [0.1, 0.15) is 29.9 Å². The van der Waals surface area contributed by atoms with E-state index in [1.165, 1.54) is 0 Å². The van der Waals surface area contributed by atoms with E-state index in [9.17, 15) is 0 Å². The van der Waals surface area contributed by atoms with Crippen molar-refractivity contribution in [2.24, 2.45) is 0 Å². The standard InChI is InChI=1S/C23H22N2O3/c1-18(16-24)28-23-11-3-2-7-19(23)17-27-22-10-6-9-21(15-22)26-14-12-20-8-4-5-13-25-20/h2-11,13,15,18H,12,14,17H2,1H3. The predicted octanol–water partition coefficient (Wildman–Crippen LogP) is 4.57. The minimum absolute atomic E-state index is 0.339. The fraction of sp³-hybridized carbons (Fsp3) is 0.217. The number of hydrogen-bond donors (Lipinski definition) is 0. The molecule has 0 spiro atoms. The summed E-state index contributed by atoms with van der Waals surface area (Å²) in [6.07, 6.45) is 2.01. The van der Waals surface area contributed by atoms with E-state index in [0.29, 0.717) is 24.7 Å². The molecular formula is C23H22N2O3. The van der Waals surface area contributed by atoms with Crippen LogP contribution in [0.2, 0.25) is 0 Å². The molecule has 1 aromatic heterocycles. The number of aromatic nitrogens is 1. The second-order valence-corrected chi connectivity index (χ2v) is 6.18. The molecule has 3 rings (SSSR count). The topological polar surface area (TPSA) is 64.4 Å². The summed E-state index contributed by atoms with van der Waals surface area (Å²) in [6.45, 7) is 2.60. The van der Waals surface area contributed by atoms with Gasteiger partial charge in [0.2, 0.25) is 0 Å². The number of nitriles is 1. The summed E-state index contributed by atoms with van der Waals surface area (Å²) in [7, 11) is 0. The third-order valence-corrected chi connectivity index (χ3v) is 4.01. The number of ether oxygens (including phenoxy) is 3. The summed E-state index contributed by atoms with van der Waals surface area (Å²) < 4.78 is 17.3. The third kappa shape index (κ3) is 5.75. The maximum Gasteiger partial charge on any atom is 0.181 e. The van der Waals surface area contributed by atoms with Crippen LogP contribution in [0.4, 0.5) is 0 Å². The molecule has 0 aliphatic heterocycles. The molecule has 0 radical (unpaired) electrons. The normalized spacial score (nSPS) is 11.3. The van der Waals surface area contributed by atoms with Crippen LogP contribution in [-0.2, 0) is 13.0 Å². The fourth-order valence-electron chi connectivity index (χ4n) is 2.59. The zero-order valence-corrected chi connectivity index (χ0v) is 15.7. The molecule has 5 heteroatoms. The summed E-state index contributed by atoms with van der Waals surface area (Å²) >= 11 is 0. The van der Waals surface area contributed by atoms with Gasteiger partial charge in [-0.2, -0.15) is 5.26 Å². The van der Waals surface area contributed by atoms with Gasteiger partial charge in [-0.1, -0.05) is 30.3 Å². The molecule has 0 aliphatic carbocycles. The van der Waals surface area contributed by atoms with Crippen LogP contribution >= 0.6 is 0 Å². The Labute approximate surface area is 165 Å². The molecule has 0 saturated carbocycles. The van der Waals surface area contributed by atoms with E-state index in [4.69, 9.17) is 19.5 Å². The lowest BCUT2D eigenvalue weighted by Crippen LogP contribution is -2.10. The van der Waals surface area contributed by atoms with E-state index in [1.54, 1.807) is 13.1 Å². The van der Waals surface area contributed by atoms with Crippen LogP contribution in [0.25, 0.3) is 0 Å². The lowest BCUT2D eigenvalue weighted by molar-refractivity contribution is 0.255. The SMILES string of the molecule is CC(C#N)Oc1ccccc1COc1cccc(OCCc2ccccn2)c1. The van der Waals surface area contributed by atoms with Crippen LogP contribution < -0.4 is 14.2 Å². The maximum absolute atomic E-state index is 8.94. The van der Waals surface area contributed by atoms with Gasteiger partial charge in [-0.25, -0.2) is 0 Å². The Hall–Kier alpha value is -3.52. The summed E-state index contributed by atoms with van der Waals surface area (Å²) in [5.41, 5.74) is 1.88. The summed E-state index contributed by atoms with van der Waals surface area (Å²) in [4.78, 5) is 4.29. The zero-order chi connectivity index (χ0) is 19.6. The van der Waals surface area contributed by atoms with E-state index in [-0.39, 0.29) is 0 Å². The highest BCUT2D eigenvalue weighted by atomic mass is 16.5. The monoisotopic (exact) mass is 374 g/mol. The van der Waals surface area contributed by atoms with Crippen LogP contribution in [0.5, 0.6) is 17.2 Å². The van der Waals surface area contributed by atoms with Crippen molar-refractivity contribution < 1.29 is 14.2 Å². The van der Waals surface area contributed by atoms with Crippen LogP contribution in [0.3, 0.4) is 0 Å². The molecule has 0 bridgehead atoms. The largest absolute Gasteiger partial charge is 0.493 e. The molecule has 28 heavy (non-hydrogen) atoms. The molecule has 2 aromatic carbocycles. The van der Waals surface area contributed by atoms with Gasteiger partial charge in [-0.15, -0.1) is 0 Å². The number of para-hydroxylation sites is 1. The van der Waals surface area contributed by atoms with E-state index in [0.717, 1.165) is 23.4 Å². The molecule has 0 N–H and O–H groups in total. The molecule has 1 heterocycles. The second kappa shape index (κ2) is 9.98. The van der Waals surface area contributed by atoms with Crippen LogP contribution in [0.1, 0.15) is 18.2 Å². The molecule has 1 atom stereocenters. The quantitative estimate of drug-likeness (QED) is 0.549. The van der Waals surface area contributed by atoms with Crippen molar-refractivity contribution in [3.8, 4) is 23.3 Å². The summed E-state index contributed by atoms with van der Waals surface area (Å²) in [6, 6.07) is 23.0. The number of hydrogen-bond acceptors (Lipinski definition) is 5. The Morgan fingerprint density at radius 3 is 2.54 bits per heavy atom. The number of pyridine rings is 1. The first kappa shape index (κ1) is 19.2. The van der Waals surface area contributed by atoms with E-state index >= 15 is 0 Å². The van der Waals surface area contributed by atoms with E-state index in [2.05, 4.69) is 11.1 Å². The highest BCUT2D eigenvalue weighted by Crippen LogP contribution is 2.24. The van der Waals surface area contributed by atoms with E-state index in [1.807, 2.05) is 66.7 Å². The molecular weight excluding hydrogens is 352 g/mol. The minimum atomic E-state index is -0.517. The first-order chi connectivity index (χ1) is 13.7. The average Bonchev–Trinajstić information content (AvgIpc) is 2.74. The molecule has 0 aliphatic rings. The molecule has 1 unspecified atom stereocenters. The van der Waals surface area contributed by atoms with Crippen molar-refractivity contribution in [2.45, 2.75) is 26.1 Å². The maximum atomic E-state index is 8.94. The van der Waals surface area contributed by atoms with Gasteiger partial charge < -0.3 is 14.2 Å². The van der Waals surface area contributed by atoms with Gasteiger partial charge in [0.15, 0.2) is 6.10 Å². The molecule has 0 amide bonds. The highest BCUT2D eigenvalue weighted by molar-refractivity contribution is 5.36. The number of benzene rings is 2. The van der Waals surface area contributed by atoms with Crippen LogP contribution in [0, 0.1) is 11.3 Å². The smallest absolute Gasteiger partial charge is 0.181 e. The Morgan fingerprint density at radius 1 is 0.964 bits per heavy atom. The van der Waals surface area contributed by atoms with Gasteiger partial charge in [0.05, 0.1) is 6.61 Å². The molecule has 0 saturated heterocycles. The van der Waals surface area contributed by atoms with Crippen molar-refractivity contribution in [1.82, 2.24) is 4.98 Å². The van der Waals surface area contributed by atoms with Crippen LogP contribution in [0.15, 0.2) is 72.9 Å². The minimum Gasteiger partial charge on any atom is -0.493 e. The van der Waals surface area contributed by atoms with Gasteiger partial charge in [0.25, 0.3) is 0 Å². The molecule has 5 nitrogen and oxygen atoms in total. The van der Waals surface area contributed by atoms with Crippen molar-refractivity contribution in [3.63, 3.8) is 0 Å². The highest BCUT2D eigenvalue weighted by Gasteiger charge is 2.08. The van der Waals surface area contributed by atoms with Gasteiger partial charge >= 0.3 is 0 Å². The number of nitrogens with zero attached hydrogens (tertiary/aromatic N) is 2. The summed E-state index contributed by atoms with van der Waals surface area (Å²) in [5, 5.41) is 8.94. The van der Waals surface area contributed by atoms with Gasteiger partial charge in [-0.05, 0) is 37.3 Å².